The Kier molecular flexibility index (Phi) is 4.60. The lowest BCUT2D eigenvalue weighted by Crippen LogP contribution is -2.49. The second-order valence-electron chi connectivity index (χ2n) is 6.41. The third-order valence-electron chi connectivity index (χ3n) is 4.66. The first-order valence-electron chi connectivity index (χ1n) is 7.95. The number of nitrogens with zero attached hydrogens (tertiary/aromatic N) is 1. The van der Waals surface area contributed by atoms with Gasteiger partial charge in [0.2, 0.25) is 5.91 Å². The van der Waals surface area contributed by atoms with Gasteiger partial charge in [-0.05, 0) is 55.7 Å². The SMILES string of the molecule is Cc1cc(C)cc(N2C(=O)CCC2(CN)c2c(Cl)cccc2Cl)c1. The minimum atomic E-state index is -0.716. The van der Waals surface area contributed by atoms with Crippen LogP contribution in [0.5, 0.6) is 0 Å². The van der Waals surface area contributed by atoms with Crippen LogP contribution in [0.15, 0.2) is 36.4 Å². The number of carbonyl (C=O) groups is 1. The normalized spacial score (nSPS) is 20.7. The molecule has 2 aromatic carbocycles. The first kappa shape index (κ1) is 17.3. The minimum Gasteiger partial charge on any atom is -0.328 e. The molecule has 0 saturated carbocycles. The van der Waals surface area contributed by atoms with Crippen molar-refractivity contribution in [3.8, 4) is 0 Å². The number of rotatable bonds is 3. The molecule has 2 aromatic rings. The summed E-state index contributed by atoms with van der Waals surface area (Å²) >= 11 is 12.9. The Labute approximate surface area is 152 Å². The summed E-state index contributed by atoms with van der Waals surface area (Å²) in [5, 5.41) is 1.08. The molecule has 3 rings (SSSR count). The quantitative estimate of drug-likeness (QED) is 0.867. The van der Waals surface area contributed by atoms with Crippen LogP contribution in [0.4, 0.5) is 5.69 Å². The van der Waals surface area contributed by atoms with Crippen LogP contribution in [0.1, 0.15) is 29.5 Å². The Hall–Kier alpha value is -1.55. The highest BCUT2D eigenvalue weighted by Gasteiger charge is 2.48. The van der Waals surface area contributed by atoms with Gasteiger partial charge >= 0.3 is 0 Å². The number of benzene rings is 2. The predicted molar refractivity (Wildman–Crippen MR) is 99.8 cm³/mol. The van der Waals surface area contributed by atoms with E-state index in [9.17, 15) is 4.79 Å². The molecule has 0 aliphatic carbocycles. The van der Waals surface area contributed by atoms with Gasteiger partial charge in [0, 0.05) is 34.3 Å². The van der Waals surface area contributed by atoms with E-state index < -0.39 is 5.54 Å². The third-order valence-corrected chi connectivity index (χ3v) is 5.29. The number of carbonyl (C=O) groups excluding carboxylic acids is 1. The van der Waals surface area contributed by atoms with E-state index in [0.717, 1.165) is 22.4 Å². The first-order chi connectivity index (χ1) is 11.4. The Morgan fingerprint density at radius 2 is 1.71 bits per heavy atom. The van der Waals surface area contributed by atoms with Crippen LogP contribution >= 0.6 is 23.2 Å². The molecule has 0 radical (unpaired) electrons. The van der Waals surface area contributed by atoms with Gasteiger partial charge in [-0.15, -0.1) is 0 Å². The van der Waals surface area contributed by atoms with Gasteiger partial charge < -0.3 is 10.6 Å². The smallest absolute Gasteiger partial charge is 0.227 e. The highest BCUT2D eigenvalue weighted by molar-refractivity contribution is 6.36. The van der Waals surface area contributed by atoms with Crippen LogP contribution in [0, 0.1) is 13.8 Å². The number of aryl methyl sites for hydroxylation is 2. The molecule has 2 N–H and O–H groups in total. The number of hydrogen-bond donors (Lipinski definition) is 1. The van der Waals surface area contributed by atoms with Crippen LogP contribution in [0.3, 0.4) is 0 Å². The number of hydrogen-bond acceptors (Lipinski definition) is 2. The Morgan fingerprint density at radius 1 is 1.12 bits per heavy atom. The molecule has 1 amide bonds. The summed E-state index contributed by atoms with van der Waals surface area (Å²) in [5.41, 5.74) is 9.25. The monoisotopic (exact) mass is 362 g/mol. The maximum Gasteiger partial charge on any atom is 0.227 e. The van der Waals surface area contributed by atoms with E-state index in [0.29, 0.717) is 22.9 Å². The second kappa shape index (κ2) is 6.40. The van der Waals surface area contributed by atoms with Crippen molar-refractivity contribution in [3.05, 3.63) is 63.1 Å². The number of nitrogens with two attached hydrogens (primary N) is 1. The molecule has 126 valence electrons. The zero-order valence-corrected chi connectivity index (χ0v) is 15.3. The van der Waals surface area contributed by atoms with Gasteiger partial charge in [-0.25, -0.2) is 0 Å². The van der Waals surface area contributed by atoms with Crippen molar-refractivity contribution in [1.29, 1.82) is 0 Å². The molecular weight excluding hydrogens is 343 g/mol. The first-order valence-corrected chi connectivity index (χ1v) is 8.70. The molecule has 0 spiro atoms. The van der Waals surface area contributed by atoms with Crippen molar-refractivity contribution in [1.82, 2.24) is 0 Å². The van der Waals surface area contributed by atoms with Crippen LogP contribution < -0.4 is 10.6 Å². The van der Waals surface area contributed by atoms with Crippen molar-refractivity contribution in [2.45, 2.75) is 32.2 Å². The summed E-state index contributed by atoms with van der Waals surface area (Å²) in [6, 6.07) is 11.5. The van der Waals surface area contributed by atoms with Crippen LogP contribution in [0.25, 0.3) is 0 Å². The van der Waals surface area contributed by atoms with E-state index in [-0.39, 0.29) is 12.5 Å². The summed E-state index contributed by atoms with van der Waals surface area (Å²) < 4.78 is 0. The van der Waals surface area contributed by atoms with Crippen molar-refractivity contribution < 1.29 is 4.79 Å². The van der Waals surface area contributed by atoms with E-state index in [1.54, 1.807) is 23.1 Å². The van der Waals surface area contributed by atoms with Crippen molar-refractivity contribution in [2.75, 3.05) is 11.4 Å². The Morgan fingerprint density at radius 3 is 2.25 bits per heavy atom. The minimum absolute atomic E-state index is 0.0430. The van der Waals surface area contributed by atoms with Gasteiger partial charge in [0.05, 0.1) is 5.54 Å². The molecule has 1 unspecified atom stereocenters. The maximum atomic E-state index is 12.8. The van der Waals surface area contributed by atoms with E-state index in [4.69, 9.17) is 28.9 Å². The van der Waals surface area contributed by atoms with Crippen LogP contribution in [0.2, 0.25) is 10.0 Å². The van der Waals surface area contributed by atoms with Crippen LogP contribution in [-0.4, -0.2) is 12.5 Å². The van der Waals surface area contributed by atoms with Crippen molar-refractivity contribution in [2.24, 2.45) is 5.73 Å². The average molecular weight is 363 g/mol. The zero-order valence-electron chi connectivity index (χ0n) is 13.8. The molecule has 1 atom stereocenters. The molecule has 1 saturated heterocycles. The van der Waals surface area contributed by atoms with E-state index in [1.165, 1.54) is 0 Å². The fourth-order valence-electron chi connectivity index (χ4n) is 3.72. The Bertz CT molecular complexity index is 765. The fourth-order valence-corrected chi connectivity index (χ4v) is 4.47. The summed E-state index contributed by atoms with van der Waals surface area (Å²) in [4.78, 5) is 14.5. The molecule has 0 aromatic heterocycles. The van der Waals surface area contributed by atoms with Gasteiger partial charge in [0.25, 0.3) is 0 Å². The molecule has 1 heterocycles. The number of amides is 1. The molecule has 24 heavy (non-hydrogen) atoms. The van der Waals surface area contributed by atoms with Gasteiger partial charge in [-0.3, -0.25) is 4.79 Å². The third kappa shape index (κ3) is 2.71. The summed E-state index contributed by atoms with van der Waals surface area (Å²) in [6.07, 6.45) is 1.02. The van der Waals surface area contributed by atoms with Gasteiger partial charge in [0.1, 0.15) is 0 Å². The summed E-state index contributed by atoms with van der Waals surface area (Å²) in [7, 11) is 0. The van der Waals surface area contributed by atoms with Crippen LogP contribution in [-0.2, 0) is 10.3 Å². The van der Waals surface area contributed by atoms with Crippen molar-refractivity contribution >= 4 is 34.8 Å². The molecular formula is C19H20Cl2N2O. The lowest BCUT2D eigenvalue weighted by atomic mass is 9.86. The zero-order chi connectivity index (χ0) is 17.5. The topological polar surface area (TPSA) is 46.3 Å². The highest BCUT2D eigenvalue weighted by Crippen LogP contribution is 2.47. The van der Waals surface area contributed by atoms with Gasteiger partial charge in [-0.1, -0.05) is 35.3 Å². The number of halogens is 2. The van der Waals surface area contributed by atoms with Gasteiger partial charge in [-0.2, -0.15) is 0 Å². The summed E-state index contributed by atoms with van der Waals surface area (Å²) in [5.74, 6) is 0.0430. The van der Waals surface area contributed by atoms with E-state index in [2.05, 4.69) is 6.07 Å². The largest absolute Gasteiger partial charge is 0.328 e. The molecule has 3 nitrogen and oxygen atoms in total. The molecule has 1 aliphatic rings. The van der Waals surface area contributed by atoms with Gasteiger partial charge in [0.15, 0.2) is 0 Å². The van der Waals surface area contributed by atoms with Crippen molar-refractivity contribution in [3.63, 3.8) is 0 Å². The predicted octanol–water partition coefficient (Wildman–Crippen LogP) is 4.59. The van der Waals surface area contributed by atoms with E-state index >= 15 is 0 Å². The molecule has 1 fully saturated rings. The average Bonchev–Trinajstić information content (AvgIpc) is 2.84. The fraction of sp³-hybridized carbons (Fsp3) is 0.316. The lowest BCUT2D eigenvalue weighted by Gasteiger charge is -2.39. The second-order valence-corrected chi connectivity index (χ2v) is 7.22. The Balaban J connectivity index is 2.24. The molecule has 1 aliphatic heterocycles. The molecule has 5 heteroatoms. The number of anilines is 1. The highest BCUT2D eigenvalue weighted by atomic mass is 35.5. The maximum absolute atomic E-state index is 12.8. The molecule has 0 bridgehead atoms. The van der Waals surface area contributed by atoms with E-state index in [1.807, 2.05) is 26.0 Å². The standard InChI is InChI=1S/C19H20Cl2N2O/c1-12-8-13(2)10-14(9-12)23-17(24)6-7-19(23,11-22)18-15(20)4-3-5-16(18)21/h3-5,8-10H,6-7,11,22H2,1-2H3. The summed E-state index contributed by atoms with van der Waals surface area (Å²) in [6.45, 7) is 4.29. The lowest BCUT2D eigenvalue weighted by molar-refractivity contribution is -0.117.